The lowest BCUT2D eigenvalue weighted by molar-refractivity contribution is -0.140. The first-order valence-electron chi connectivity index (χ1n) is 8.98. The second kappa shape index (κ2) is 7.99. The normalized spacial score (nSPS) is 20.0. The molecule has 26 heavy (non-hydrogen) atoms. The number of esters is 1. The maximum atomic E-state index is 12.6. The van der Waals surface area contributed by atoms with Crippen molar-refractivity contribution in [1.29, 1.82) is 0 Å². The predicted octanol–water partition coefficient (Wildman–Crippen LogP) is 4.06. The molecule has 1 aliphatic heterocycles. The van der Waals surface area contributed by atoms with Crippen LogP contribution in [0.2, 0.25) is 0 Å². The van der Waals surface area contributed by atoms with Gasteiger partial charge in [0.25, 0.3) is 5.91 Å². The highest BCUT2D eigenvalue weighted by Crippen LogP contribution is 2.29. The Hall–Kier alpha value is -2.21. The zero-order chi connectivity index (χ0) is 18.7. The fourth-order valence-corrected chi connectivity index (χ4v) is 4.37. The lowest BCUT2D eigenvalue weighted by Gasteiger charge is -2.38. The van der Waals surface area contributed by atoms with E-state index in [0.717, 1.165) is 29.8 Å². The van der Waals surface area contributed by atoms with Gasteiger partial charge in [-0.15, -0.1) is 11.3 Å². The molecule has 1 amide bonds. The first-order valence-corrected chi connectivity index (χ1v) is 9.80. The molecule has 1 aromatic heterocycles. The monoisotopic (exact) mass is 372 g/mol. The number of nitrogens with zero attached hydrogens (tertiary/aromatic N) is 2. The fraction of sp³-hybridized carbons (Fsp3) is 0.450. The van der Waals surface area contributed by atoms with E-state index in [-0.39, 0.29) is 24.6 Å². The summed E-state index contributed by atoms with van der Waals surface area (Å²) in [7, 11) is 0. The number of hydrogen-bond acceptors (Lipinski definition) is 5. The minimum Gasteiger partial charge on any atom is -0.451 e. The van der Waals surface area contributed by atoms with E-state index in [9.17, 15) is 9.59 Å². The second-order valence-corrected chi connectivity index (χ2v) is 7.99. The van der Waals surface area contributed by atoms with Crippen LogP contribution in [-0.2, 0) is 9.53 Å². The van der Waals surface area contributed by atoms with Gasteiger partial charge >= 0.3 is 5.97 Å². The number of amides is 1. The minimum absolute atomic E-state index is 0.124. The summed E-state index contributed by atoms with van der Waals surface area (Å²) in [5, 5.41) is 0.792. The number of hydrogen-bond donors (Lipinski definition) is 0. The van der Waals surface area contributed by atoms with E-state index in [4.69, 9.17) is 4.74 Å². The number of benzene rings is 1. The molecule has 0 unspecified atom stereocenters. The summed E-state index contributed by atoms with van der Waals surface area (Å²) in [5.74, 6) is -0.610. The number of rotatable bonds is 4. The summed E-state index contributed by atoms with van der Waals surface area (Å²) < 4.78 is 5.36. The Morgan fingerprint density at radius 2 is 1.85 bits per heavy atom. The average molecular weight is 372 g/mol. The molecule has 1 saturated heterocycles. The van der Waals surface area contributed by atoms with Gasteiger partial charge in [-0.2, -0.15) is 0 Å². The number of carbonyl (C=O) groups is 2. The van der Waals surface area contributed by atoms with E-state index in [1.165, 1.54) is 11.3 Å². The van der Waals surface area contributed by atoms with Crippen molar-refractivity contribution in [2.45, 2.75) is 52.1 Å². The molecule has 5 nitrogen and oxygen atoms in total. The first kappa shape index (κ1) is 18.6. The Morgan fingerprint density at radius 1 is 1.19 bits per heavy atom. The van der Waals surface area contributed by atoms with Crippen molar-refractivity contribution in [2.75, 3.05) is 6.61 Å². The third-order valence-electron chi connectivity index (χ3n) is 4.77. The molecular weight excluding hydrogens is 348 g/mol. The third-order valence-corrected chi connectivity index (χ3v) is 5.73. The van der Waals surface area contributed by atoms with E-state index in [0.29, 0.717) is 10.6 Å². The highest BCUT2D eigenvalue weighted by atomic mass is 32.1. The van der Waals surface area contributed by atoms with Crippen LogP contribution in [-0.4, -0.2) is 40.5 Å². The highest BCUT2D eigenvalue weighted by Gasteiger charge is 2.30. The third kappa shape index (κ3) is 3.96. The average Bonchev–Trinajstić information content (AvgIpc) is 3.02. The molecule has 1 aromatic carbocycles. The molecule has 0 N–H and O–H groups in total. The van der Waals surface area contributed by atoms with E-state index in [1.807, 2.05) is 42.2 Å². The van der Waals surface area contributed by atoms with Crippen LogP contribution in [0.1, 0.15) is 47.8 Å². The van der Waals surface area contributed by atoms with Crippen molar-refractivity contribution in [3.05, 3.63) is 40.2 Å². The van der Waals surface area contributed by atoms with Crippen LogP contribution < -0.4 is 0 Å². The standard InChI is InChI=1S/C20H24N2O3S/c1-13-8-7-9-14(2)22(13)17(23)12-25-20(24)19-18(21-15(3)26-19)16-10-5-4-6-11-16/h4-6,10-11,13-14H,7-9,12H2,1-3H3/t13-,14+. The molecule has 2 atom stereocenters. The Balaban J connectivity index is 1.70. The van der Waals surface area contributed by atoms with Gasteiger partial charge in [0.05, 0.1) is 10.7 Å². The molecule has 0 radical (unpaired) electrons. The van der Waals surface area contributed by atoms with Gasteiger partial charge in [-0.25, -0.2) is 9.78 Å². The van der Waals surface area contributed by atoms with Gasteiger partial charge in [-0.3, -0.25) is 4.79 Å². The SMILES string of the molecule is Cc1nc(-c2ccccc2)c(C(=O)OCC(=O)N2[C@H](C)CCC[C@@H]2C)s1. The van der Waals surface area contributed by atoms with Crippen molar-refractivity contribution in [2.24, 2.45) is 0 Å². The summed E-state index contributed by atoms with van der Waals surface area (Å²) in [6.07, 6.45) is 3.12. The summed E-state index contributed by atoms with van der Waals surface area (Å²) in [5.41, 5.74) is 1.48. The number of aromatic nitrogens is 1. The van der Waals surface area contributed by atoms with Crippen LogP contribution in [0.3, 0.4) is 0 Å². The van der Waals surface area contributed by atoms with Crippen LogP contribution in [0.5, 0.6) is 0 Å². The highest BCUT2D eigenvalue weighted by molar-refractivity contribution is 7.14. The lowest BCUT2D eigenvalue weighted by atomic mass is 9.97. The van der Waals surface area contributed by atoms with E-state index >= 15 is 0 Å². The topological polar surface area (TPSA) is 59.5 Å². The molecule has 0 saturated carbocycles. The smallest absolute Gasteiger partial charge is 0.351 e. The van der Waals surface area contributed by atoms with Gasteiger partial charge in [0, 0.05) is 17.6 Å². The summed E-state index contributed by atoms with van der Waals surface area (Å²) >= 11 is 1.30. The molecule has 0 aliphatic carbocycles. The number of piperidine rings is 1. The van der Waals surface area contributed by atoms with Crippen molar-refractivity contribution in [3.8, 4) is 11.3 Å². The van der Waals surface area contributed by atoms with Crippen molar-refractivity contribution >= 4 is 23.2 Å². The largest absolute Gasteiger partial charge is 0.451 e. The Morgan fingerprint density at radius 3 is 2.50 bits per heavy atom. The first-order chi connectivity index (χ1) is 12.5. The van der Waals surface area contributed by atoms with Gasteiger partial charge < -0.3 is 9.64 Å². The quantitative estimate of drug-likeness (QED) is 0.759. The maximum absolute atomic E-state index is 12.6. The lowest BCUT2D eigenvalue weighted by Crippen LogP contribution is -2.49. The molecule has 1 fully saturated rings. The van der Waals surface area contributed by atoms with E-state index < -0.39 is 5.97 Å². The zero-order valence-electron chi connectivity index (χ0n) is 15.4. The predicted molar refractivity (Wildman–Crippen MR) is 102 cm³/mol. The van der Waals surface area contributed by atoms with Gasteiger partial charge in [-0.1, -0.05) is 30.3 Å². The molecule has 2 aromatic rings. The number of thiazole rings is 1. The Labute approximate surface area is 158 Å². The Kier molecular flexibility index (Phi) is 5.71. The van der Waals surface area contributed by atoms with Crippen molar-refractivity contribution in [1.82, 2.24) is 9.88 Å². The van der Waals surface area contributed by atoms with E-state index in [1.54, 1.807) is 0 Å². The van der Waals surface area contributed by atoms with E-state index in [2.05, 4.69) is 18.8 Å². The summed E-state index contributed by atoms with van der Waals surface area (Å²) in [6.45, 7) is 5.74. The second-order valence-electron chi connectivity index (χ2n) is 6.78. The zero-order valence-corrected chi connectivity index (χ0v) is 16.2. The fourth-order valence-electron chi connectivity index (χ4n) is 3.54. The molecule has 0 bridgehead atoms. The van der Waals surface area contributed by atoms with Crippen LogP contribution in [0, 0.1) is 6.92 Å². The molecule has 0 spiro atoms. The summed E-state index contributed by atoms with van der Waals surface area (Å²) in [6, 6.07) is 9.93. The van der Waals surface area contributed by atoms with Crippen molar-refractivity contribution in [3.63, 3.8) is 0 Å². The number of ether oxygens (including phenoxy) is 1. The van der Waals surface area contributed by atoms with Gasteiger partial charge in [-0.05, 0) is 40.0 Å². The molecular formula is C20H24N2O3S. The van der Waals surface area contributed by atoms with Crippen LogP contribution >= 0.6 is 11.3 Å². The minimum atomic E-state index is -0.486. The van der Waals surface area contributed by atoms with Crippen molar-refractivity contribution < 1.29 is 14.3 Å². The molecule has 1 aliphatic rings. The maximum Gasteiger partial charge on any atom is 0.351 e. The van der Waals surface area contributed by atoms with Crippen LogP contribution in [0.25, 0.3) is 11.3 Å². The number of carbonyl (C=O) groups excluding carboxylic acids is 2. The van der Waals surface area contributed by atoms with Crippen LogP contribution in [0.4, 0.5) is 0 Å². The molecule has 3 rings (SSSR count). The number of aryl methyl sites for hydroxylation is 1. The van der Waals surface area contributed by atoms with Gasteiger partial charge in [0.15, 0.2) is 6.61 Å². The Bertz CT molecular complexity index is 778. The number of likely N-dealkylation sites (tertiary alicyclic amines) is 1. The molecule has 2 heterocycles. The molecule has 138 valence electrons. The van der Waals surface area contributed by atoms with Gasteiger partial charge in [0.1, 0.15) is 4.88 Å². The molecule has 6 heteroatoms. The van der Waals surface area contributed by atoms with Gasteiger partial charge in [0.2, 0.25) is 0 Å². The van der Waals surface area contributed by atoms with Crippen LogP contribution in [0.15, 0.2) is 30.3 Å². The summed E-state index contributed by atoms with van der Waals surface area (Å²) in [4.78, 5) is 31.9.